The molecule has 38 heavy (non-hydrogen) atoms. The molecule has 3 aromatic carbocycles. The minimum absolute atomic E-state index is 0.108. The number of ether oxygens (including phenoxy) is 2. The molecule has 0 saturated heterocycles. The van der Waals surface area contributed by atoms with Gasteiger partial charge in [0.05, 0.1) is 7.11 Å². The maximum atomic E-state index is 12.6. The summed E-state index contributed by atoms with van der Waals surface area (Å²) in [6.45, 7) is 2.35. The fraction of sp³-hybridized carbons (Fsp3) is 0.194. The van der Waals surface area contributed by atoms with E-state index < -0.39 is 0 Å². The van der Waals surface area contributed by atoms with Crippen molar-refractivity contribution in [3.8, 4) is 22.9 Å². The number of carbonyl (C=O) groups excluding carboxylic acids is 1. The van der Waals surface area contributed by atoms with Crippen LogP contribution in [0.25, 0.3) is 17.0 Å². The third-order valence-electron chi connectivity index (χ3n) is 6.43. The molecule has 7 nitrogen and oxygen atoms in total. The van der Waals surface area contributed by atoms with Crippen molar-refractivity contribution in [3.05, 3.63) is 108 Å². The molecule has 0 saturated carbocycles. The van der Waals surface area contributed by atoms with E-state index in [0.29, 0.717) is 29.6 Å². The second kappa shape index (κ2) is 12.2. The predicted molar refractivity (Wildman–Crippen MR) is 149 cm³/mol. The minimum atomic E-state index is -0.243. The number of methoxy groups -OCH3 is 1. The zero-order valence-electron chi connectivity index (χ0n) is 21.3. The van der Waals surface area contributed by atoms with Gasteiger partial charge in [0.15, 0.2) is 12.4 Å². The fourth-order valence-electron chi connectivity index (χ4n) is 4.48. The van der Waals surface area contributed by atoms with Crippen LogP contribution in [-0.2, 0) is 11.3 Å². The Morgan fingerprint density at radius 1 is 0.947 bits per heavy atom. The molecule has 1 aliphatic rings. The first kappa shape index (κ1) is 25.2. The molecule has 5 rings (SSSR count). The molecule has 1 aliphatic heterocycles. The highest BCUT2D eigenvalue weighted by atomic mass is 16.5. The number of hydrogen-bond donors (Lipinski definition) is 1. The standard InChI is InChI=1S/C31H30N4O3/c1-37-28-10-5-9-27(20-28)34-30(36)22-38-29-12-11-25(31-32-15-6-16-33-31)19-26(29)21-35-17-13-24(14-18-35)23-7-3-2-4-8-23/h2-13,15-16,19-20H,14,17-18,21-22H2,1H3,(H,34,36). The van der Waals surface area contributed by atoms with Gasteiger partial charge in [0, 0.05) is 54.9 Å². The van der Waals surface area contributed by atoms with Crippen molar-refractivity contribution < 1.29 is 14.3 Å². The quantitative estimate of drug-likeness (QED) is 0.325. The molecule has 192 valence electrons. The lowest BCUT2D eigenvalue weighted by atomic mass is 9.99. The number of carbonyl (C=O) groups is 1. The lowest BCUT2D eigenvalue weighted by Crippen LogP contribution is -2.28. The van der Waals surface area contributed by atoms with Crippen LogP contribution in [0.4, 0.5) is 5.69 Å². The Morgan fingerprint density at radius 2 is 1.79 bits per heavy atom. The van der Waals surface area contributed by atoms with Gasteiger partial charge in [-0.05, 0) is 54.0 Å². The zero-order chi connectivity index (χ0) is 26.2. The SMILES string of the molecule is COc1cccc(NC(=O)COc2ccc(-c3ncccn3)cc2CN2CC=C(c3ccccc3)CC2)c1. The highest BCUT2D eigenvalue weighted by Crippen LogP contribution is 2.29. The van der Waals surface area contributed by atoms with Crippen LogP contribution in [0.3, 0.4) is 0 Å². The number of hydrogen-bond acceptors (Lipinski definition) is 6. The summed E-state index contributed by atoms with van der Waals surface area (Å²) in [6, 6.07) is 25.4. The van der Waals surface area contributed by atoms with Crippen molar-refractivity contribution in [1.29, 1.82) is 0 Å². The van der Waals surface area contributed by atoms with Gasteiger partial charge in [-0.15, -0.1) is 0 Å². The van der Waals surface area contributed by atoms with Gasteiger partial charge in [0.25, 0.3) is 5.91 Å². The Labute approximate surface area is 222 Å². The Balaban J connectivity index is 1.30. The van der Waals surface area contributed by atoms with Crippen LogP contribution in [0, 0.1) is 0 Å². The second-order valence-corrected chi connectivity index (χ2v) is 9.04. The number of benzene rings is 3. The van der Waals surface area contributed by atoms with Crippen LogP contribution in [0.1, 0.15) is 17.5 Å². The summed E-state index contributed by atoms with van der Waals surface area (Å²) in [5, 5.41) is 2.86. The maximum Gasteiger partial charge on any atom is 0.262 e. The van der Waals surface area contributed by atoms with E-state index in [9.17, 15) is 4.79 Å². The lowest BCUT2D eigenvalue weighted by molar-refractivity contribution is -0.118. The molecule has 4 aromatic rings. The molecule has 7 heteroatoms. The molecule has 0 unspecified atom stereocenters. The van der Waals surface area contributed by atoms with Crippen LogP contribution in [0.5, 0.6) is 11.5 Å². The van der Waals surface area contributed by atoms with Gasteiger partial charge in [0.2, 0.25) is 0 Å². The molecule has 2 heterocycles. The van der Waals surface area contributed by atoms with E-state index in [1.165, 1.54) is 11.1 Å². The zero-order valence-corrected chi connectivity index (χ0v) is 21.3. The van der Waals surface area contributed by atoms with E-state index in [1.54, 1.807) is 31.6 Å². The summed E-state index contributed by atoms with van der Waals surface area (Å²) in [6.07, 6.45) is 6.74. The number of anilines is 1. The topological polar surface area (TPSA) is 76.6 Å². The second-order valence-electron chi connectivity index (χ2n) is 9.04. The van der Waals surface area contributed by atoms with E-state index >= 15 is 0 Å². The average Bonchev–Trinajstić information content (AvgIpc) is 2.98. The predicted octanol–water partition coefficient (Wildman–Crippen LogP) is 5.46. The number of nitrogens with zero attached hydrogens (tertiary/aromatic N) is 3. The minimum Gasteiger partial charge on any atom is -0.497 e. The third kappa shape index (κ3) is 6.44. The number of amides is 1. The molecule has 1 N–H and O–H groups in total. The van der Waals surface area contributed by atoms with Crippen LogP contribution >= 0.6 is 0 Å². The Bertz CT molecular complexity index is 1410. The summed E-state index contributed by atoms with van der Waals surface area (Å²) in [5.41, 5.74) is 5.21. The molecule has 1 amide bonds. The number of rotatable bonds is 9. The Kier molecular flexibility index (Phi) is 8.06. The van der Waals surface area contributed by atoms with E-state index in [1.807, 2.05) is 36.4 Å². The van der Waals surface area contributed by atoms with Crippen LogP contribution < -0.4 is 14.8 Å². The van der Waals surface area contributed by atoms with Crippen LogP contribution in [0.2, 0.25) is 0 Å². The van der Waals surface area contributed by atoms with Crippen molar-refractivity contribution >= 4 is 17.2 Å². The Hall–Kier alpha value is -4.49. The largest absolute Gasteiger partial charge is 0.497 e. The van der Waals surface area contributed by atoms with Crippen LogP contribution in [0.15, 0.2) is 97.3 Å². The van der Waals surface area contributed by atoms with Gasteiger partial charge < -0.3 is 14.8 Å². The molecule has 0 atom stereocenters. The maximum absolute atomic E-state index is 12.6. The first-order valence-electron chi connectivity index (χ1n) is 12.6. The smallest absolute Gasteiger partial charge is 0.262 e. The summed E-state index contributed by atoms with van der Waals surface area (Å²) in [5.74, 6) is 1.76. The molecule has 0 aliphatic carbocycles. The first-order chi connectivity index (χ1) is 18.7. The van der Waals surface area contributed by atoms with Crippen molar-refractivity contribution in [1.82, 2.24) is 14.9 Å². The first-order valence-corrected chi connectivity index (χ1v) is 12.6. The Morgan fingerprint density at radius 3 is 2.55 bits per heavy atom. The van der Waals surface area contributed by atoms with Gasteiger partial charge in [-0.25, -0.2) is 9.97 Å². The summed E-state index contributed by atoms with van der Waals surface area (Å²) < 4.78 is 11.3. The third-order valence-corrected chi connectivity index (χ3v) is 6.43. The highest BCUT2D eigenvalue weighted by molar-refractivity contribution is 5.92. The normalized spacial score (nSPS) is 13.4. The van der Waals surface area contributed by atoms with E-state index in [2.05, 4.69) is 56.6 Å². The fourth-order valence-corrected chi connectivity index (χ4v) is 4.48. The molecular formula is C31H30N4O3. The van der Waals surface area contributed by atoms with Gasteiger partial charge in [-0.2, -0.15) is 0 Å². The molecule has 0 bridgehead atoms. The van der Waals surface area contributed by atoms with Gasteiger partial charge in [-0.3, -0.25) is 9.69 Å². The monoisotopic (exact) mass is 506 g/mol. The van der Waals surface area contributed by atoms with Crippen molar-refractivity contribution in [2.45, 2.75) is 13.0 Å². The molecule has 1 aromatic heterocycles. The van der Waals surface area contributed by atoms with Gasteiger partial charge in [-0.1, -0.05) is 42.5 Å². The highest BCUT2D eigenvalue weighted by Gasteiger charge is 2.17. The van der Waals surface area contributed by atoms with E-state index in [4.69, 9.17) is 9.47 Å². The van der Waals surface area contributed by atoms with E-state index in [-0.39, 0.29) is 12.5 Å². The van der Waals surface area contributed by atoms with Crippen molar-refractivity contribution in [3.63, 3.8) is 0 Å². The lowest BCUT2D eigenvalue weighted by Gasteiger charge is -2.27. The number of nitrogens with one attached hydrogen (secondary N) is 1. The summed E-state index contributed by atoms with van der Waals surface area (Å²) in [7, 11) is 1.59. The molecule has 0 spiro atoms. The van der Waals surface area contributed by atoms with Crippen molar-refractivity contribution in [2.75, 3.05) is 32.1 Å². The molecule has 0 fully saturated rings. The molecular weight excluding hydrogens is 476 g/mol. The van der Waals surface area contributed by atoms with Gasteiger partial charge >= 0.3 is 0 Å². The van der Waals surface area contributed by atoms with E-state index in [0.717, 1.165) is 30.6 Å². The summed E-state index contributed by atoms with van der Waals surface area (Å²) in [4.78, 5) is 23.8. The van der Waals surface area contributed by atoms with Crippen molar-refractivity contribution in [2.24, 2.45) is 0 Å². The average molecular weight is 507 g/mol. The number of aromatic nitrogens is 2. The summed E-state index contributed by atoms with van der Waals surface area (Å²) >= 11 is 0. The van der Waals surface area contributed by atoms with Gasteiger partial charge in [0.1, 0.15) is 11.5 Å². The molecule has 0 radical (unpaired) electrons. The van der Waals surface area contributed by atoms with Crippen LogP contribution in [-0.4, -0.2) is 47.6 Å².